The first-order valence-corrected chi connectivity index (χ1v) is 15.2. The van der Waals surface area contributed by atoms with Gasteiger partial charge in [-0.15, -0.1) is 11.3 Å². The molecule has 1 amide bonds. The summed E-state index contributed by atoms with van der Waals surface area (Å²) in [5.41, 5.74) is 0.603. The lowest BCUT2D eigenvalue weighted by Crippen LogP contribution is -2.48. The predicted octanol–water partition coefficient (Wildman–Crippen LogP) is 4.06. The molecule has 0 aliphatic carbocycles. The lowest BCUT2D eigenvalue weighted by atomic mass is 10.2. The maximum Gasteiger partial charge on any atom is 0.253 e. The molecule has 1 aromatic carbocycles. The number of hydrogen-bond donors (Lipinski definition) is 0. The minimum Gasteiger partial charge on any atom is -0.379 e. The number of anilines is 1. The summed E-state index contributed by atoms with van der Waals surface area (Å²) < 4.78 is 48.4. The van der Waals surface area contributed by atoms with E-state index in [1.54, 1.807) is 17.0 Å². The molecule has 2 saturated heterocycles. The number of carbonyl (C=O) groups is 1. The average Bonchev–Trinajstić information content (AvgIpc) is 3.61. The molecule has 0 radical (unpaired) electrons. The van der Waals surface area contributed by atoms with E-state index < -0.39 is 16.1 Å². The number of thiophene rings is 1. The number of sulfonamides is 1. The van der Waals surface area contributed by atoms with E-state index in [1.165, 1.54) is 33.8 Å². The Morgan fingerprint density at radius 3 is 2.75 bits per heavy atom. The van der Waals surface area contributed by atoms with E-state index in [4.69, 9.17) is 16.3 Å². The van der Waals surface area contributed by atoms with Crippen molar-refractivity contribution in [3.63, 3.8) is 0 Å². The second-order valence-corrected chi connectivity index (χ2v) is 13.6. The zero-order chi connectivity index (χ0) is 25.3. The molecule has 36 heavy (non-hydrogen) atoms. The number of ether oxygens (including phenoxy) is 1. The fourth-order valence-electron chi connectivity index (χ4n) is 4.59. The van der Waals surface area contributed by atoms with Gasteiger partial charge < -0.3 is 4.74 Å². The Labute approximate surface area is 222 Å². The third kappa shape index (κ3) is 5.45. The van der Waals surface area contributed by atoms with Gasteiger partial charge in [-0.1, -0.05) is 22.9 Å². The highest BCUT2D eigenvalue weighted by atomic mass is 35.5. The van der Waals surface area contributed by atoms with Crippen LogP contribution in [0.2, 0.25) is 4.34 Å². The van der Waals surface area contributed by atoms with Crippen LogP contribution in [0.5, 0.6) is 0 Å². The number of halogens is 2. The van der Waals surface area contributed by atoms with Crippen LogP contribution in [0.25, 0.3) is 10.2 Å². The highest BCUT2D eigenvalue weighted by Crippen LogP contribution is 2.35. The number of rotatable bonds is 8. The van der Waals surface area contributed by atoms with Crippen LogP contribution in [0.4, 0.5) is 9.52 Å². The van der Waals surface area contributed by atoms with Crippen molar-refractivity contribution in [1.29, 1.82) is 0 Å². The van der Waals surface area contributed by atoms with Crippen molar-refractivity contribution in [1.82, 2.24) is 14.2 Å². The molecule has 0 bridgehead atoms. The molecule has 1 unspecified atom stereocenters. The maximum atomic E-state index is 13.9. The van der Waals surface area contributed by atoms with Gasteiger partial charge in [0.15, 0.2) is 5.13 Å². The van der Waals surface area contributed by atoms with Crippen LogP contribution in [0.3, 0.4) is 0 Å². The molecular weight excluding hydrogens is 547 g/mol. The summed E-state index contributed by atoms with van der Waals surface area (Å²) in [4.78, 5) is 22.4. The highest BCUT2D eigenvalue weighted by molar-refractivity contribution is 7.91. The minimum absolute atomic E-state index is 0.126. The molecule has 194 valence electrons. The Bertz CT molecular complexity index is 1340. The number of fused-ring (bicyclic) bond motifs is 1. The van der Waals surface area contributed by atoms with Gasteiger partial charge >= 0.3 is 0 Å². The number of morpholine rings is 1. The lowest BCUT2D eigenvalue weighted by Gasteiger charge is -2.30. The van der Waals surface area contributed by atoms with Crippen LogP contribution < -0.4 is 4.90 Å². The Balaban J connectivity index is 1.41. The first-order chi connectivity index (χ1) is 17.3. The molecule has 2 aromatic heterocycles. The fraction of sp³-hybridized carbons (Fsp3) is 0.478. The topological polar surface area (TPSA) is 83.1 Å². The Kier molecular flexibility index (Phi) is 7.92. The van der Waals surface area contributed by atoms with Crippen molar-refractivity contribution >= 4 is 65.6 Å². The zero-order valence-corrected chi connectivity index (χ0v) is 22.6. The molecule has 1 atom stereocenters. The van der Waals surface area contributed by atoms with Gasteiger partial charge in [0.1, 0.15) is 16.1 Å². The molecule has 8 nitrogen and oxygen atoms in total. The van der Waals surface area contributed by atoms with Crippen LogP contribution in [-0.4, -0.2) is 80.5 Å². The lowest BCUT2D eigenvalue weighted by molar-refractivity contribution is -0.121. The summed E-state index contributed by atoms with van der Waals surface area (Å²) in [7, 11) is -3.86. The Morgan fingerprint density at radius 2 is 2.00 bits per heavy atom. The van der Waals surface area contributed by atoms with Crippen LogP contribution in [-0.2, 0) is 19.6 Å². The number of hydrogen-bond acceptors (Lipinski definition) is 8. The quantitative estimate of drug-likeness (QED) is 0.405. The van der Waals surface area contributed by atoms with Crippen LogP contribution in [0.15, 0.2) is 34.5 Å². The van der Waals surface area contributed by atoms with E-state index in [2.05, 4.69) is 9.88 Å². The van der Waals surface area contributed by atoms with Crippen molar-refractivity contribution in [3.05, 3.63) is 40.5 Å². The Hall–Kier alpha value is -1.67. The van der Waals surface area contributed by atoms with Crippen molar-refractivity contribution in [2.75, 3.05) is 50.8 Å². The fourth-order valence-corrected chi connectivity index (χ4v) is 8.87. The van der Waals surface area contributed by atoms with Gasteiger partial charge in [0.2, 0.25) is 5.91 Å². The summed E-state index contributed by atoms with van der Waals surface area (Å²) in [5, 5.41) is 0.450. The third-order valence-corrected chi connectivity index (χ3v) is 11.0. The van der Waals surface area contributed by atoms with E-state index >= 15 is 0 Å². The summed E-state index contributed by atoms with van der Waals surface area (Å²) in [6.07, 6.45) is 1.70. The van der Waals surface area contributed by atoms with Crippen LogP contribution in [0.1, 0.15) is 19.3 Å². The maximum absolute atomic E-state index is 13.9. The van der Waals surface area contributed by atoms with Crippen LogP contribution in [0, 0.1) is 5.82 Å². The van der Waals surface area contributed by atoms with Gasteiger partial charge in [-0.25, -0.2) is 17.8 Å². The molecule has 4 heterocycles. The summed E-state index contributed by atoms with van der Waals surface area (Å²) in [6, 6.07) is 6.53. The number of benzene rings is 1. The van der Waals surface area contributed by atoms with Crippen LogP contribution >= 0.6 is 34.3 Å². The second kappa shape index (κ2) is 11.0. The zero-order valence-electron chi connectivity index (χ0n) is 19.4. The van der Waals surface area contributed by atoms with E-state index in [9.17, 15) is 17.6 Å². The molecule has 2 aliphatic rings. The largest absolute Gasteiger partial charge is 0.379 e. The average molecular weight is 573 g/mol. The smallest absolute Gasteiger partial charge is 0.253 e. The van der Waals surface area contributed by atoms with Gasteiger partial charge in [-0.05, 0) is 49.6 Å². The third-order valence-electron chi connectivity index (χ3n) is 6.40. The van der Waals surface area contributed by atoms with E-state index in [0.717, 1.165) is 31.0 Å². The number of nitrogens with zero attached hydrogens (tertiary/aromatic N) is 4. The second-order valence-electron chi connectivity index (χ2n) is 8.74. The molecule has 13 heteroatoms. The number of carbonyl (C=O) groups excluding carboxylic acids is 1. The summed E-state index contributed by atoms with van der Waals surface area (Å²) in [5.74, 6) is -0.675. The molecule has 0 N–H and O–H groups in total. The molecule has 2 fully saturated rings. The molecule has 2 aliphatic heterocycles. The normalized spacial score (nSPS) is 19.8. The Morgan fingerprint density at radius 1 is 1.19 bits per heavy atom. The molecular formula is C23H26ClFN4O4S3. The van der Waals surface area contributed by atoms with E-state index in [-0.39, 0.29) is 22.5 Å². The molecule has 0 saturated carbocycles. The van der Waals surface area contributed by atoms with Crippen molar-refractivity contribution < 1.29 is 22.3 Å². The van der Waals surface area contributed by atoms with Gasteiger partial charge in [0.25, 0.3) is 10.0 Å². The number of amides is 1. The first kappa shape index (κ1) is 26.0. The van der Waals surface area contributed by atoms with Gasteiger partial charge in [-0.3, -0.25) is 14.6 Å². The highest BCUT2D eigenvalue weighted by Gasteiger charge is 2.42. The standard InChI is InChI=1S/C23H26ClFN4O4S3/c24-20-6-7-21(35-20)36(31,32)29-10-1-3-18(29)22(30)28(9-2-8-27-11-13-33-14-12-27)23-26-17-5-4-16(25)15-19(17)34-23/h4-7,15,18H,1-3,8-14H2. The monoisotopic (exact) mass is 572 g/mol. The van der Waals surface area contributed by atoms with E-state index in [1.807, 2.05) is 0 Å². The van der Waals surface area contributed by atoms with Gasteiger partial charge in [0, 0.05) is 32.7 Å². The number of aromatic nitrogens is 1. The predicted molar refractivity (Wildman–Crippen MR) is 140 cm³/mol. The van der Waals surface area contributed by atoms with Gasteiger partial charge in [0.05, 0.1) is 27.8 Å². The minimum atomic E-state index is -3.86. The first-order valence-electron chi connectivity index (χ1n) is 11.8. The SMILES string of the molecule is O=C(C1CCCN1S(=O)(=O)c1ccc(Cl)s1)N(CCCN1CCOCC1)c1nc2ccc(F)cc2s1. The summed E-state index contributed by atoms with van der Waals surface area (Å²) in [6.45, 7) is 4.49. The molecule has 5 rings (SSSR count). The van der Waals surface area contributed by atoms with Crippen molar-refractivity contribution in [2.45, 2.75) is 29.5 Å². The van der Waals surface area contributed by atoms with Crippen molar-refractivity contribution in [3.8, 4) is 0 Å². The van der Waals surface area contributed by atoms with Crippen molar-refractivity contribution in [2.24, 2.45) is 0 Å². The summed E-state index contributed by atoms with van der Waals surface area (Å²) >= 11 is 8.21. The number of thiazole rings is 1. The molecule has 3 aromatic rings. The van der Waals surface area contributed by atoms with Gasteiger partial charge in [-0.2, -0.15) is 4.31 Å². The molecule has 0 spiro atoms. The van der Waals surface area contributed by atoms with E-state index in [0.29, 0.717) is 58.7 Å².